The van der Waals surface area contributed by atoms with Crippen LogP contribution in [0.4, 0.5) is 5.82 Å². The zero-order chi connectivity index (χ0) is 21.8. The van der Waals surface area contributed by atoms with Crippen LogP contribution in [0.15, 0.2) is 53.8 Å². The number of nitrogens with zero attached hydrogens (tertiary/aromatic N) is 4. The quantitative estimate of drug-likeness (QED) is 0.346. The van der Waals surface area contributed by atoms with Gasteiger partial charge >= 0.3 is 0 Å². The number of aromatic amines is 1. The predicted molar refractivity (Wildman–Crippen MR) is 118 cm³/mol. The van der Waals surface area contributed by atoms with Crippen molar-refractivity contribution in [2.24, 2.45) is 11.0 Å². The molecule has 3 aromatic rings. The van der Waals surface area contributed by atoms with E-state index in [1.165, 1.54) is 6.92 Å². The number of amides is 1. The maximum absolute atomic E-state index is 13.1. The minimum atomic E-state index is -0.198. The largest absolute Gasteiger partial charge is 0.358 e. The fraction of sp³-hybridized carbons (Fsp3) is 0.261. The Labute approximate surface area is 179 Å². The lowest BCUT2D eigenvalue weighted by atomic mass is 9.84. The predicted octanol–water partition coefficient (Wildman–Crippen LogP) is 4.68. The molecule has 8 heteroatoms. The molecule has 1 aromatic carbocycles. The van der Waals surface area contributed by atoms with Gasteiger partial charge < -0.3 is 10.3 Å². The van der Waals surface area contributed by atoms with Crippen molar-refractivity contribution in [3.8, 4) is 11.3 Å². The number of benzene rings is 1. The van der Waals surface area contributed by atoms with Crippen LogP contribution in [-0.2, 0) is 17.6 Å². The average Bonchev–Trinajstić information content (AvgIpc) is 3.11. The molecule has 0 aliphatic heterocycles. The van der Waals surface area contributed by atoms with Gasteiger partial charge in [-0.15, -0.1) is 0 Å². The van der Waals surface area contributed by atoms with Gasteiger partial charge in [0.1, 0.15) is 5.82 Å². The summed E-state index contributed by atoms with van der Waals surface area (Å²) in [6.45, 7) is 1.73. The van der Waals surface area contributed by atoms with E-state index in [2.05, 4.69) is 25.3 Å². The van der Waals surface area contributed by atoms with E-state index < -0.39 is 0 Å². The van der Waals surface area contributed by atoms with Crippen molar-refractivity contribution in [3.63, 3.8) is 0 Å². The number of H-pyrrole nitrogens is 1. The van der Waals surface area contributed by atoms with Gasteiger partial charge in [-0.25, -0.2) is 4.98 Å². The highest BCUT2D eigenvalue weighted by molar-refractivity contribution is 6.02. The topological polar surface area (TPSA) is 124 Å². The molecule has 31 heavy (non-hydrogen) atoms. The summed E-state index contributed by atoms with van der Waals surface area (Å²) in [7, 11) is 0. The molecule has 1 unspecified atom stereocenters. The zero-order valence-corrected chi connectivity index (χ0v) is 17.1. The Morgan fingerprint density at radius 1 is 1.29 bits per heavy atom. The van der Waals surface area contributed by atoms with Crippen molar-refractivity contribution in [3.05, 3.63) is 81.5 Å². The third-order valence-electron chi connectivity index (χ3n) is 5.41. The van der Waals surface area contributed by atoms with Gasteiger partial charge in [-0.05, 0) is 41.1 Å². The molecule has 0 spiro atoms. The van der Waals surface area contributed by atoms with Gasteiger partial charge in [0.25, 0.3) is 0 Å². The number of carbonyl (C=O) groups excluding carboxylic acids is 2. The van der Waals surface area contributed by atoms with Gasteiger partial charge in [0.15, 0.2) is 5.78 Å². The number of rotatable bonds is 6. The summed E-state index contributed by atoms with van der Waals surface area (Å²) in [5.74, 6) is 0.301. The molecule has 1 aliphatic rings. The van der Waals surface area contributed by atoms with Crippen LogP contribution in [0.3, 0.4) is 0 Å². The standard InChI is InChI=1S/C23H22N6O2/c1-14(30)27-21-12-17(7-8-25-21)23-18(9-15-5-3-2-4-6-15)22-19(28-23)10-16(11-20(22)31)13-26-29-24/h2-8,12,16,28H,9-11,13H2,1H3,(H,25,27,30). The molecule has 2 heterocycles. The van der Waals surface area contributed by atoms with Crippen LogP contribution >= 0.6 is 0 Å². The average molecular weight is 414 g/mol. The first-order valence-corrected chi connectivity index (χ1v) is 10.1. The molecule has 0 radical (unpaired) electrons. The van der Waals surface area contributed by atoms with Gasteiger partial charge in [0.2, 0.25) is 5.91 Å². The van der Waals surface area contributed by atoms with Crippen LogP contribution in [0.25, 0.3) is 21.7 Å². The van der Waals surface area contributed by atoms with Crippen molar-refractivity contribution in [1.82, 2.24) is 9.97 Å². The number of ketones is 1. The molecule has 4 rings (SSSR count). The van der Waals surface area contributed by atoms with Crippen LogP contribution in [0.2, 0.25) is 0 Å². The monoisotopic (exact) mass is 414 g/mol. The fourth-order valence-electron chi connectivity index (χ4n) is 4.15. The Morgan fingerprint density at radius 3 is 2.84 bits per heavy atom. The molecule has 0 saturated carbocycles. The number of azide groups is 1. The lowest BCUT2D eigenvalue weighted by molar-refractivity contribution is -0.114. The number of pyridine rings is 1. The Hall–Kier alpha value is -3.90. The van der Waals surface area contributed by atoms with E-state index in [0.717, 1.165) is 33.6 Å². The van der Waals surface area contributed by atoms with E-state index in [-0.39, 0.29) is 17.6 Å². The summed E-state index contributed by atoms with van der Waals surface area (Å²) < 4.78 is 0. The van der Waals surface area contributed by atoms with Crippen molar-refractivity contribution >= 4 is 17.5 Å². The van der Waals surface area contributed by atoms with E-state index in [1.54, 1.807) is 12.3 Å². The van der Waals surface area contributed by atoms with Crippen LogP contribution in [-0.4, -0.2) is 28.2 Å². The third-order valence-corrected chi connectivity index (χ3v) is 5.41. The number of Topliss-reactive ketones (excluding diaryl/α,β-unsaturated/α-hetero) is 1. The second kappa shape index (κ2) is 8.85. The number of aromatic nitrogens is 2. The maximum Gasteiger partial charge on any atom is 0.222 e. The first-order valence-electron chi connectivity index (χ1n) is 10.1. The summed E-state index contributed by atoms with van der Waals surface area (Å²) in [5.41, 5.74) is 14.0. The first-order chi connectivity index (χ1) is 15.0. The molecule has 1 aliphatic carbocycles. The summed E-state index contributed by atoms with van der Waals surface area (Å²) in [4.78, 5) is 35.1. The summed E-state index contributed by atoms with van der Waals surface area (Å²) in [5, 5.41) is 6.37. The van der Waals surface area contributed by atoms with Gasteiger partial charge in [-0.3, -0.25) is 9.59 Å². The molecule has 156 valence electrons. The molecule has 0 bridgehead atoms. The van der Waals surface area contributed by atoms with Crippen molar-refractivity contribution in [2.45, 2.75) is 26.2 Å². The Balaban J connectivity index is 1.80. The van der Waals surface area contributed by atoms with Crippen molar-refractivity contribution in [1.29, 1.82) is 0 Å². The molecule has 2 N–H and O–H groups in total. The lowest BCUT2D eigenvalue weighted by Gasteiger charge is -2.20. The van der Waals surface area contributed by atoms with Crippen molar-refractivity contribution < 1.29 is 9.59 Å². The second-order valence-electron chi connectivity index (χ2n) is 7.72. The van der Waals surface area contributed by atoms with E-state index in [4.69, 9.17) is 5.53 Å². The van der Waals surface area contributed by atoms with E-state index >= 15 is 0 Å². The Morgan fingerprint density at radius 2 is 2.10 bits per heavy atom. The van der Waals surface area contributed by atoms with Crippen LogP contribution < -0.4 is 5.32 Å². The van der Waals surface area contributed by atoms with Crippen LogP contribution in [0.5, 0.6) is 0 Å². The van der Waals surface area contributed by atoms with Crippen molar-refractivity contribution in [2.75, 3.05) is 11.9 Å². The highest BCUT2D eigenvalue weighted by atomic mass is 16.1. The minimum absolute atomic E-state index is 0.0145. The molecule has 0 saturated heterocycles. The highest BCUT2D eigenvalue weighted by Gasteiger charge is 2.31. The number of hydrogen-bond donors (Lipinski definition) is 2. The molecule has 1 amide bonds. The molecule has 1 atom stereocenters. The third kappa shape index (κ3) is 4.49. The van der Waals surface area contributed by atoms with Gasteiger partial charge in [0.05, 0.1) is 5.69 Å². The van der Waals surface area contributed by atoms with E-state index in [0.29, 0.717) is 31.6 Å². The van der Waals surface area contributed by atoms with Crippen LogP contribution in [0.1, 0.15) is 40.5 Å². The fourth-order valence-corrected chi connectivity index (χ4v) is 4.15. The van der Waals surface area contributed by atoms with Gasteiger partial charge in [0, 0.05) is 54.2 Å². The number of nitrogens with one attached hydrogen (secondary N) is 2. The lowest BCUT2D eigenvalue weighted by Crippen LogP contribution is -2.22. The summed E-state index contributed by atoms with van der Waals surface area (Å²) in [6, 6.07) is 13.7. The molecule has 2 aromatic heterocycles. The smallest absolute Gasteiger partial charge is 0.222 e. The molecular formula is C23H22N6O2. The number of hydrogen-bond acceptors (Lipinski definition) is 4. The normalized spacial score (nSPS) is 15.1. The summed E-state index contributed by atoms with van der Waals surface area (Å²) in [6.07, 6.45) is 3.25. The molecule has 0 fully saturated rings. The van der Waals surface area contributed by atoms with Crippen LogP contribution in [0, 0.1) is 5.92 Å². The highest BCUT2D eigenvalue weighted by Crippen LogP contribution is 2.36. The van der Waals surface area contributed by atoms with E-state index in [9.17, 15) is 9.59 Å². The zero-order valence-electron chi connectivity index (χ0n) is 17.1. The SMILES string of the molecule is CC(=O)Nc1cc(-c2[nH]c3c(c2Cc2ccccc2)C(=O)CC(CN=[N+]=[N-])C3)ccn1. The van der Waals surface area contributed by atoms with Gasteiger partial charge in [-0.2, -0.15) is 0 Å². The minimum Gasteiger partial charge on any atom is -0.358 e. The number of anilines is 1. The first kappa shape index (κ1) is 20.4. The van der Waals surface area contributed by atoms with E-state index in [1.807, 2.05) is 36.4 Å². The Bertz CT molecular complexity index is 1180. The molecule has 8 nitrogen and oxygen atoms in total. The second-order valence-corrected chi connectivity index (χ2v) is 7.72. The maximum atomic E-state index is 13.1. The molecular weight excluding hydrogens is 392 g/mol. The Kier molecular flexibility index (Phi) is 5.82. The number of fused-ring (bicyclic) bond motifs is 1. The summed E-state index contributed by atoms with van der Waals surface area (Å²) >= 11 is 0. The van der Waals surface area contributed by atoms with Gasteiger partial charge in [-0.1, -0.05) is 35.4 Å². The number of carbonyl (C=O) groups is 2.